The lowest BCUT2D eigenvalue weighted by molar-refractivity contribution is -0.128. The van der Waals surface area contributed by atoms with Gasteiger partial charge in [-0.2, -0.15) is 0 Å². The molecule has 0 saturated carbocycles. The number of anilines is 1. The Morgan fingerprint density at radius 1 is 1.15 bits per heavy atom. The van der Waals surface area contributed by atoms with Crippen molar-refractivity contribution in [2.45, 2.75) is 25.7 Å². The van der Waals surface area contributed by atoms with Crippen molar-refractivity contribution in [1.29, 1.82) is 0 Å². The summed E-state index contributed by atoms with van der Waals surface area (Å²) in [6, 6.07) is 6.72. The van der Waals surface area contributed by atoms with Crippen LogP contribution in [0.1, 0.15) is 20.8 Å². The van der Waals surface area contributed by atoms with Crippen LogP contribution in [-0.4, -0.2) is 33.7 Å². The fourth-order valence-corrected chi connectivity index (χ4v) is 2.44. The highest BCUT2D eigenvalue weighted by Crippen LogP contribution is 2.20. The molecule has 0 radical (unpaired) electrons. The molecule has 0 unspecified atom stereocenters. The van der Waals surface area contributed by atoms with Crippen LogP contribution in [0.3, 0.4) is 0 Å². The molecule has 1 aromatic rings. The number of amides is 1. The van der Waals surface area contributed by atoms with Gasteiger partial charge in [-0.3, -0.25) is 4.79 Å². The predicted molar refractivity (Wildman–Crippen MR) is 80.5 cm³/mol. The van der Waals surface area contributed by atoms with E-state index in [9.17, 15) is 13.2 Å². The first kappa shape index (κ1) is 16.5. The maximum absolute atomic E-state index is 11.7. The number of benzene rings is 1. The Kier molecular flexibility index (Phi) is 5.16. The maximum Gasteiger partial charge on any atom is 0.225 e. The average molecular weight is 298 g/mol. The van der Waals surface area contributed by atoms with Gasteiger partial charge in [0.05, 0.1) is 10.6 Å². The van der Waals surface area contributed by atoms with E-state index < -0.39 is 15.3 Å². The molecule has 20 heavy (non-hydrogen) atoms. The van der Waals surface area contributed by atoms with Crippen LogP contribution < -0.4 is 10.6 Å². The van der Waals surface area contributed by atoms with E-state index in [1.165, 1.54) is 6.26 Å². The Bertz CT molecular complexity index is 574. The molecule has 0 bridgehead atoms. The van der Waals surface area contributed by atoms with Crippen LogP contribution in [0.25, 0.3) is 0 Å². The van der Waals surface area contributed by atoms with E-state index in [-0.39, 0.29) is 10.8 Å². The Morgan fingerprint density at radius 2 is 1.75 bits per heavy atom. The van der Waals surface area contributed by atoms with Crippen LogP contribution in [0, 0.1) is 5.41 Å². The van der Waals surface area contributed by atoms with Gasteiger partial charge in [0.15, 0.2) is 9.84 Å². The summed E-state index contributed by atoms with van der Waals surface area (Å²) in [5.74, 6) is -0.0318. The second kappa shape index (κ2) is 6.26. The third-order valence-corrected chi connectivity index (χ3v) is 3.85. The molecular weight excluding hydrogens is 276 g/mol. The number of hydrogen-bond acceptors (Lipinski definition) is 4. The van der Waals surface area contributed by atoms with Gasteiger partial charge in [-0.25, -0.2) is 8.42 Å². The fourth-order valence-electron chi connectivity index (χ4n) is 1.57. The molecule has 0 heterocycles. The Morgan fingerprint density at radius 3 is 2.30 bits per heavy atom. The first-order valence-corrected chi connectivity index (χ1v) is 8.33. The number of sulfone groups is 1. The molecule has 1 aromatic carbocycles. The number of carbonyl (C=O) groups excluding carboxylic acids is 1. The van der Waals surface area contributed by atoms with Gasteiger partial charge in [-0.1, -0.05) is 32.9 Å². The Hall–Kier alpha value is -1.56. The van der Waals surface area contributed by atoms with Crippen molar-refractivity contribution in [3.05, 3.63) is 24.3 Å². The lowest BCUT2D eigenvalue weighted by atomic mass is 9.96. The topological polar surface area (TPSA) is 75.3 Å². The zero-order valence-electron chi connectivity index (χ0n) is 12.4. The molecule has 112 valence electrons. The summed E-state index contributed by atoms with van der Waals surface area (Å²) in [5, 5.41) is 5.83. The van der Waals surface area contributed by atoms with Crippen molar-refractivity contribution in [3.63, 3.8) is 0 Å². The first-order valence-electron chi connectivity index (χ1n) is 6.43. The largest absolute Gasteiger partial charge is 0.382 e. The van der Waals surface area contributed by atoms with Crippen molar-refractivity contribution in [2.75, 3.05) is 24.7 Å². The van der Waals surface area contributed by atoms with Crippen LogP contribution in [0.15, 0.2) is 29.2 Å². The van der Waals surface area contributed by atoms with Crippen molar-refractivity contribution < 1.29 is 13.2 Å². The number of nitrogens with one attached hydrogen (secondary N) is 2. The average Bonchev–Trinajstić information content (AvgIpc) is 2.32. The maximum atomic E-state index is 11.7. The van der Waals surface area contributed by atoms with Gasteiger partial charge in [0.1, 0.15) is 0 Å². The lowest BCUT2D eigenvalue weighted by Crippen LogP contribution is -2.37. The molecule has 0 aliphatic carbocycles. The number of rotatable bonds is 5. The molecular formula is C14H22N2O3S. The van der Waals surface area contributed by atoms with Crippen LogP contribution in [0.4, 0.5) is 5.69 Å². The first-order chi connectivity index (χ1) is 9.12. The summed E-state index contributed by atoms with van der Waals surface area (Å²) in [4.78, 5) is 11.9. The van der Waals surface area contributed by atoms with Crippen LogP contribution >= 0.6 is 0 Å². The molecule has 0 aliphatic rings. The van der Waals surface area contributed by atoms with Crippen LogP contribution in [-0.2, 0) is 14.6 Å². The normalized spacial score (nSPS) is 12.0. The van der Waals surface area contributed by atoms with Crippen molar-refractivity contribution in [1.82, 2.24) is 5.32 Å². The number of para-hydroxylation sites is 1. The summed E-state index contributed by atoms with van der Waals surface area (Å²) in [6.45, 7) is 6.43. The molecule has 0 saturated heterocycles. The minimum Gasteiger partial charge on any atom is -0.382 e. The molecule has 1 rings (SSSR count). The minimum absolute atomic E-state index is 0.0318. The molecule has 1 amide bonds. The van der Waals surface area contributed by atoms with E-state index in [1.54, 1.807) is 24.3 Å². The van der Waals surface area contributed by atoms with E-state index in [0.29, 0.717) is 18.8 Å². The highest BCUT2D eigenvalue weighted by molar-refractivity contribution is 7.90. The second-order valence-corrected chi connectivity index (χ2v) is 7.69. The Balaban J connectivity index is 2.58. The summed E-state index contributed by atoms with van der Waals surface area (Å²) in [7, 11) is -3.26. The zero-order chi connectivity index (χ0) is 15.4. The van der Waals surface area contributed by atoms with Gasteiger partial charge >= 0.3 is 0 Å². The molecule has 5 nitrogen and oxygen atoms in total. The summed E-state index contributed by atoms with van der Waals surface area (Å²) in [6.07, 6.45) is 1.18. The third-order valence-electron chi connectivity index (χ3n) is 2.69. The fraction of sp³-hybridized carbons (Fsp3) is 0.500. The van der Waals surface area contributed by atoms with E-state index in [4.69, 9.17) is 0 Å². The molecule has 2 N–H and O–H groups in total. The highest BCUT2D eigenvalue weighted by atomic mass is 32.2. The zero-order valence-corrected chi connectivity index (χ0v) is 13.2. The number of carbonyl (C=O) groups is 1. The SMILES string of the molecule is CC(C)(C)C(=O)NCCNc1ccccc1S(C)(=O)=O. The van der Waals surface area contributed by atoms with E-state index in [1.807, 2.05) is 20.8 Å². The molecule has 0 aromatic heterocycles. The standard InChI is InChI=1S/C14H22N2O3S/c1-14(2,3)13(17)16-10-9-15-11-7-5-6-8-12(11)20(4,18)19/h5-8,15H,9-10H2,1-4H3,(H,16,17). The van der Waals surface area contributed by atoms with Gasteiger partial charge in [0, 0.05) is 24.8 Å². The van der Waals surface area contributed by atoms with Crippen molar-refractivity contribution >= 4 is 21.4 Å². The number of hydrogen-bond donors (Lipinski definition) is 2. The smallest absolute Gasteiger partial charge is 0.225 e. The second-order valence-electron chi connectivity index (χ2n) is 5.70. The molecule has 0 atom stereocenters. The van der Waals surface area contributed by atoms with E-state index >= 15 is 0 Å². The summed E-state index contributed by atoms with van der Waals surface area (Å²) >= 11 is 0. The van der Waals surface area contributed by atoms with E-state index in [2.05, 4.69) is 10.6 Å². The van der Waals surface area contributed by atoms with Gasteiger partial charge in [0.2, 0.25) is 5.91 Å². The third kappa shape index (κ3) is 4.85. The highest BCUT2D eigenvalue weighted by Gasteiger charge is 2.20. The molecule has 0 spiro atoms. The Labute approximate surface area is 120 Å². The quantitative estimate of drug-likeness (QED) is 0.811. The van der Waals surface area contributed by atoms with Gasteiger partial charge < -0.3 is 10.6 Å². The van der Waals surface area contributed by atoms with Crippen LogP contribution in [0.5, 0.6) is 0 Å². The molecule has 0 aliphatic heterocycles. The molecule has 6 heteroatoms. The minimum atomic E-state index is -3.26. The summed E-state index contributed by atoms with van der Waals surface area (Å²) < 4.78 is 23.2. The van der Waals surface area contributed by atoms with Crippen molar-refractivity contribution in [2.24, 2.45) is 5.41 Å². The molecule has 0 fully saturated rings. The summed E-state index contributed by atoms with van der Waals surface area (Å²) in [5.41, 5.74) is 0.130. The van der Waals surface area contributed by atoms with Gasteiger partial charge in [-0.15, -0.1) is 0 Å². The van der Waals surface area contributed by atoms with Crippen LogP contribution in [0.2, 0.25) is 0 Å². The lowest BCUT2D eigenvalue weighted by Gasteiger charge is -2.18. The monoisotopic (exact) mass is 298 g/mol. The predicted octanol–water partition coefficient (Wildman–Crippen LogP) is 1.66. The van der Waals surface area contributed by atoms with E-state index in [0.717, 1.165) is 0 Å². The van der Waals surface area contributed by atoms with Gasteiger partial charge in [-0.05, 0) is 12.1 Å². The van der Waals surface area contributed by atoms with Gasteiger partial charge in [0.25, 0.3) is 0 Å². The van der Waals surface area contributed by atoms with Crippen molar-refractivity contribution in [3.8, 4) is 0 Å².